The molecular weight excluding hydrogens is 233 g/mol. The van der Waals surface area contributed by atoms with Crippen molar-refractivity contribution in [3.63, 3.8) is 0 Å². The van der Waals surface area contributed by atoms with Crippen molar-refractivity contribution in [3.8, 4) is 0 Å². The van der Waals surface area contributed by atoms with E-state index in [2.05, 4.69) is 25.5 Å². The number of halogens is 1. The van der Waals surface area contributed by atoms with Gasteiger partial charge in [-0.25, -0.2) is 14.4 Å². The molecule has 1 aromatic carbocycles. The summed E-state index contributed by atoms with van der Waals surface area (Å²) in [5.74, 6) is 0.319. The summed E-state index contributed by atoms with van der Waals surface area (Å²) >= 11 is 0. The molecule has 2 aromatic heterocycles. The van der Waals surface area contributed by atoms with Gasteiger partial charge in [0, 0.05) is 5.69 Å². The van der Waals surface area contributed by atoms with Gasteiger partial charge in [0.15, 0.2) is 11.3 Å². The Bertz CT molecular complexity index is 689. The Morgan fingerprint density at radius 3 is 2.67 bits per heavy atom. The molecule has 6 heteroatoms. The topological polar surface area (TPSA) is 66.5 Å². The maximum Gasteiger partial charge on any atom is 0.162 e. The SMILES string of the molecule is Cc1[nH]nc2c(Nc3ccc(F)cc3)ncnc12. The predicted octanol–water partition coefficient (Wildman–Crippen LogP) is 2.54. The van der Waals surface area contributed by atoms with Gasteiger partial charge in [-0.3, -0.25) is 5.10 Å². The van der Waals surface area contributed by atoms with Gasteiger partial charge in [0.25, 0.3) is 0 Å². The zero-order valence-electron chi connectivity index (χ0n) is 9.61. The third-order valence-corrected chi connectivity index (χ3v) is 2.62. The van der Waals surface area contributed by atoms with E-state index in [0.29, 0.717) is 11.3 Å². The van der Waals surface area contributed by atoms with E-state index >= 15 is 0 Å². The van der Waals surface area contributed by atoms with Gasteiger partial charge in [-0.05, 0) is 31.2 Å². The minimum Gasteiger partial charge on any atom is -0.338 e. The summed E-state index contributed by atoms with van der Waals surface area (Å²) in [5, 5.41) is 10.1. The standard InChI is InChI=1S/C12H10FN5/c1-7-10-11(18-17-7)12(15-6-14-10)16-9-4-2-8(13)3-5-9/h2-6H,1H3,(H,17,18)(H,14,15,16). The number of aryl methyl sites for hydroxylation is 1. The monoisotopic (exact) mass is 243 g/mol. The summed E-state index contributed by atoms with van der Waals surface area (Å²) in [6, 6.07) is 6.05. The van der Waals surface area contributed by atoms with Gasteiger partial charge < -0.3 is 5.32 Å². The van der Waals surface area contributed by atoms with Crippen LogP contribution in [0, 0.1) is 12.7 Å². The Balaban J connectivity index is 2.02. The van der Waals surface area contributed by atoms with Gasteiger partial charge in [0.05, 0.1) is 5.69 Å². The van der Waals surface area contributed by atoms with E-state index in [0.717, 1.165) is 16.9 Å². The lowest BCUT2D eigenvalue weighted by molar-refractivity contribution is 0.628. The Labute approximate surface area is 102 Å². The number of aromatic nitrogens is 4. The average Bonchev–Trinajstić information content (AvgIpc) is 2.76. The minimum absolute atomic E-state index is 0.274. The Morgan fingerprint density at radius 2 is 1.89 bits per heavy atom. The first-order valence-electron chi connectivity index (χ1n) is 5.42. The van der Waals surface area contributed by atoms with Crippen LogP contribution >= 0.6 is 0 Å². The van der Waals surface area contributed by atoms with Gasteiger partial charge in [0.1, 0.15) is 17.7 Å². The number of rotatable bonds is 2. The molecule has 0 radical (unpaired) electrons. The Hall–Kier alpha value is -2.50. The maximum absolute atomic E-state index is 12.8. The fourth-order valence-electron chi connectivity index (χ4n) is 1.71. The molecule has 0 unspecified atom stereocenters. The van der Waals surface area contributed by atoms with Crippen LogP contribution in [0.5, 0.6) is 0 Å². The Morgan fingerprint density at radius 1 is 1.11 bits per heavy atom. The van der Waals surface area contributed by atoms with Crippen LogP contribution in [0.4, 0.5) is 15.9 Å². The number of benzene rings is 1. The normalized spacial score (nSPS) is 10.8. The molecule has 18 heavy (non-hydrogen) atoms. The van der Waals surface area contributed by atoms with Crippen LogP contribution in [-0.4, -0.2) is 20.2 Å². The second-order valence-electron chi connectivity index (χ2n) is 3.90. The maximum atomic E-state index is 12.8. The highest BCUT2D eigenvalue weighted by Crippen LogP contribution is 2.22. The van der Waals surface area contributed by atoms with Crippen molar-refractivity contribution >= 4 is 22.5 Å². The number of fused-ring (bicyclic) bond motifs is 1. The quantitative estimate of drug-likeness (QED) is 0.725. The molecule has 3 rings (SSSR count). The lowest BCUT2D eigenvalue weighted by atomic mass is 10.3. The van der Waals surface area contributed by atoms with E-state index in [1.165, 1.54) is 18.5 Å². The molecule has 2 heterocycles. The molecule has 0 aliphatic carbocycles. The first-order chi connectivity index (χ1) is 8.74. The number of aromatic amines is 1. The summed E-state index contributed by atoms with van der Waals surface area (Å²) in [6.45, 7) is 1.89. The molecule has 0 saturated carbocycles. The second-order valence-corrected chi connectivity index (χ2v) is 3.90. The van der Waals surface area contributed by atoms with Crippen molar-refractivity contribution in [2.45, 2.75) is 6.92 Å². The van der Waals surface area contributed by atoms with Gasteiger partial charge in [-0.2, -0.15) is 5.10 Å². The molecule has 2 N–H and O–H groups in total. The lowest BCUT2D eigenvalue weighted by Gasteiger charge is -2.05. The smallest absolute Gasteiger partial charge is 0.162 e. The fourth-order valence-corrected chi connectivity index (χ4v) is 1.71. The molecule has 0 aliphatic heterocycles. The fraction of sp³-hybridized carbons (Fsp3) is 0.0833. The van der Waals surface area contributed by atoms with Crippen LogP contribution in [0.2, 0.25) is 0 Å². The molecule has 0 atom stereocenters. The van der Waals surface area contributed by atoms with Crippen molar-refractivity contribution in [2.24, 2.45) is 0 Å². The van der Waals surface area contributed by atoms with Crippen LogP contribution in [0.1, 0.15) is 5.69 Å². The number of H-pyrrole nitrogens is 1. The summed E-state index contributed by atoms with van der Waals surface area (Å²) in [5.41, 5.74) is 3.07. The number of hydrogen-bond donors (Lipinski definition) is 2. The van der Waals surface area contributed by atoms with E-state index in [-0.39, 0.29) is 5.82 Å². The van der Waals surface area contributed by atoms with Crippen molar-refractivity contribution in [2.75, 3.05) is 5.32 Å². The van der Waals surface area contributed by atoms with E-state index in [1.54, 1.807) is 12.1 Å². The van der Waals surface area contributed by atoms with Gasteiger partial charge in [-0.1, -0.05) is 0 Å². The number of hydrogen-bond acceptors (Lipinski definition) is 4. The molecular formula is C12H10FN5. The number of anilines is 2. The van der Waals surface area contributed by atoms with E-state index in [4.69, 9.17) is 0 Å². The van der Waals surface area contributed by atoms with Crippen LogP contribution in [0.3, 0.4) is 0 Å². The first kappa shape index (κ1) is 10.6. The van der Waals surface area contributed by atoms with Gasteiger partial charge >= 0.3 is 0 Å². The molecule has 0 amide bonds. The summed E-state index contributed by atoms with van der Waals surface area (Å²) in [6.07, 6.45) is 1.47. The van der Waals surface area contributed by atoms with Gasteiger partial charge in [0.2, 0.25) is 0 Å². The van der Waals surface area contributed by atoms with Crippen LogP contribution < -0.4 is 5.32 Å². The highest BCUT2D eigenvalue weighted by molar-refractivity contribution is 5.88. The van der Waals surface area contributed by atoms with E-state index < -0.39 is 0 Å². The highest BCUT2D eigenvalue weighted by Gasteiger charge is 2.09. The Kier molecular flexibility index (Phi) is 2.40. The third kappa shape index (κ3) is 1.77. The second kappa shape index (κ2) is 4.06. The van der Waals surface area contributed by atoms with Crippen molar-refractivity contribution in [1.82, 2.24) is 20.2 Å². The summed E-state index contributed by atoms with van der Waals surface area (Å²) in [7, 11) is 0. The van der Waals surface area contributed by atoms with Crippen molar-refractivity contribution < 1.29 is 4.39 Å². The van der Waals surface area contributed by atoms with Crippen molar-refractivity contribution in [1.29, 1.82) is 0 Å². The van der Waals surface area contributed by atoms with E-state index in [1.807, 2.05) is 6.92 Å². The van der Waals surface area contributed by atoms with Crippen molar-refractivity contribution in [3.05, 3.63) is 42.1 Å². The molecule has 0 bridgehead atoms. The number of nitrogens with zero attached hydrogens (tertiary/aromatic N) is 3. The largest absolute Gasteiger partial charge is 0.338 e. The average molecular weight is 243 g/mol. The highest BCUT2D eigenvalue weighted by atomic mass is 19.1. The van der Waals surface area contributed by atoms with Gasteiger partial charge in [-0.15, -0.1) is 0 Å². The van der Waals surface area contributed by atoms with E-state index in [9.17, 15) is 4.39 Å². The third-order valence-electron chi connectivity index (χ3n) is 2.62. The molecule has 3 aromatic rings. The molecule has 90 valence electrons. The molecule has 0 fully saturated rings. The van der Waals surface area contributed by atoms with Crippen LogP contribution in [0.15, 0.2) is 30.6 Å². The number of nitrogens with one attached hydrogen (secondary N) is 2. The first-order valence-corrected chi connectivity index (χ1v) is 5.42. The lowest BCUT2D eigenvalue weighted by Crippen LogP contribution is -1.95. The zero-order valence-corrected chi connectivity index (χ0v) is 9.61. The van der Waals surface area contributed by atoms with Crippen LogP contribution in [-0.2, 0) is 0 Å². The predicted molar refractivity (Wildman–Crippen MR) is 66.1 cm³/mol. The molecule has 0 aliphatic rings. The minimum atomic E-state index is -0.274. The summed E-state index contributed by atoms with van der Waals surface area (Å²) < 4.78 is 12.8. The summed E-state index contributed by atoms with van der Waals surface area (Å²) in [4.78, 5) is 8.29. The van der Waals surface area contributed by atoms with Crippen LogP contribution in [0.25, 0.3) is 11.0 Å². The molecule has 0 spiro atoms. The molecule has 5 nitrogen and oxygen atoms in total. The zero-order chi connectivity index (χ0) is 12.5. The molecule has 0 saturated heterocycles.